The summed E-state index contributed by atoms with van der Waals surface area (Å²) in [5.74, 6) is 0.136. The first-order valence-electron chi connectivity index (χ1n) is 6.52. The lowest BCUT2D eigenvalue weighted by Crippen LogP contribution is -2.42. The van der Waals surface area contributed by atoms with Crippen molar-refractivity contribution in [2.75, 3.05) is 6.61 Å². The molecule has 0 aromatic rings. The Morgan fingerprint density at radius 1 is 1.33 bits per heavy atom. The van der Waals surface area contributed by atoms with Gasteiger partial charge in [-0.2, -0.15) is 0 Å². The third-order valence-electron chi connectivity index (χ3n) is 2.58. The second-order valence-electron chi connectivity index (χ2n) is 5.69. The lowest BCUT2D eigenvalue weighted by Gasteiger charge is -2.26. The molecular formula is C13H27NO3S. The van der Waals surface area contributed by atoms with E-state index in [0.29, 0.717) is 25.4 Å². The van der Waals surface area contributed by atoms with Gasteiger partial charge in [0.05, 0.1) is 22.3 Å². The highest BCUT2D eigenvalue weighted by atomic mass is 32.2. The smallest absolute Gasteiger partial charge is 0.305 e. The van der Waals surface area contributed by atoms with Gasteiger partial charge in [0.2, 0.25) is 0 Å². The Hall–Kier alpha value is -0.420. The van der Waals surface area contributed by atoms with E-state index in [1.165, 1.54) is 0 Å². The second kappa shape index (κ2) is 7.89. The summed E-state index contributed by atoms with van der Waals surface area (Å²) in [4.78, 5) is 11.3. The molecule has 0 spiro atoms. The lowest BCUT2D eigenvalue weighted by atomic mass is 10.0. The van der Waals surface area contributed by atoms with Crippen LogP contribution in [-0.2, 0) is 20.5 Å². The van der Waals surface area contributed by atoms with Gasteiger partial charge in [0, 0.05) is 12.5 Å². The molecule has 0 aromatic carbocycles. The molecule has 0 radical (unpaired) electrons. The summed E-state index contributed by atoms with van der Waals surface area (Å²) in [6.07, 6.45) is 1.02. The molecule has 4 nitrogen and oxygen atoms in total. The Kier molecular flexibility index (Phi) is 7.71. The molecule has 0 saturated carbocycles. The first-order chi connectivity index (χ1) is 8.18. The summed E-state index contributed by atoms with van der Waals surface area (Å²) < 4.78 is 19.8. The van der Waals surface area contributed by atoms with Gasteiger partial charge in [0.25, 0.3) is 0 Å². The Morgan fingerprint density at radius 2 is 1.89 bits per heavy atom. The number of hydrogen-bond acceptors (Lipinski definition) is 3. The molecule has 5 heteroatoms. The Morgan fingerprint density at radius 3 is 2.28 bits per heavy atom. The highest BCUT2D eigenvalue weighted by molar-refractivity contribution is 7.84. The fourth-order valence-corrected chi connectivity index (χ4v) is 2.37. The van der Waals surface area contributed by atoms with Crippen molar-refractivity contribution in [2.45, 2.75) is 65.2 Å². The maximum absolute atomic E-state index is 12.0. The van der Waals surface area contributed by atoms with Gasteiger partial charge in [-0.05, 0) is 40.0 Å². The summed E-state index contributed by atoms with van der Waals surface area (Å²) in [5, 5.41) is 0. The van der Waals surface area contributed by atoms with E-state index in [-0.39, 0.29) is 16.8 Å². The number of rotatable bonds is 7. The minimum Gasteiger partial charge on any atom is -0.466 e. The van der Waals surface area contributed by atoms with Crippen LogP contribution in [0.2, 0.25) is 0 Å². The maximum atomic E-state index is 12.0. The number of hydrogen-bond donors (Lipinski definition) is 1. The highest BCUT2D eigenvalue weighted by Crippen LogP contribution is 2.15. The molecule has 0 heterocycles. The largest absolute Gasteiger partial charge is 0.466 e. The van der Waals surface area contributed by atoms with E-state index in [0.717, 1.165) is 0 Å². The van der Waals surface area contributed by atoms with Crippen LogP contribution in [0.4, 0.5) is 0 Å². The van der Waals surface area contributed by atoms with E-state index in [2.05, 4.69) is 18.6 Å². The summed E-state index contributed by atoms with van der Waals surface area (Å²) in [6, 6.07) is 0.0643. The Balaban J connectivity index is 4.33. The van der Waals surface area contributed by atoms with Crippen molar-refractivity contribution in [3.63, 3.8) is 0 Å². The minimum absolute atomic E-state index is 0.0643. The van der Waals surface area contributed by atoms with E-state index >= 15 is 0 Å². The second-order valence-corrected chi connectivity index (χ2v) is 7.69. The quantitative estimate of drug-likeness (QED) is 0.727. The molecule has 1 N–H and O–H groups in total. The van der Waals surface area contributed by atoms with E-state index in [1.807, 2.05) is 20.8 Å². The number of esters is 1. The van der Waals surface area contributed by atoms with Gasteiger partial charge >= 0.3 is 5.97 Å². The molecule has 0 amide bonds. The molecule has 0 aliphatic rings. The molecule has 0 saturated heterocycles. The van der Waals surface area contributed by atoms with Crippen molar-refractivity contribution in [3.8, 4) is 0 Å². The highest BCUT2D eigenvalue weighted by Gasteiger charge is 2.24. The molecule has 108 valence electrons. The van der Waals surface area contributed by atoms with Crippen LogP contribution in [0, 0.1) is 5.92 Å². The molecule has 0 fully saturated rings. The number of ether oxygens (including phenoxy) is 1. The summed E-state index contributed by atoms with van der Waals surface area (Å²) in [7, 11) is -1.11. The van der Waals surface area contributed by atoms with Crippen molar-refractivity contribution < 1.29 is 13.7 Å². The van der Waals surface area contributed by atoms with E-state index in [4.69, 9.17) is 4.74 Å². The maximum Gasteiger partial charge on any atom is 0.305 e. The van der Waals surface area contributed by atoms with Crippen LogP contribution in [0.25, 0.3) is 0 Å². The van der Waals surface area contributed by atoms with Crippen LogP contribution in [0.5, 0.6) is 0 Å². The van der Waals surface area contributed by atoms with E-state index < -0.39 is 11.0 Å². The zero-order chi connectivity index (χ0) is 14.3. The van der Waals surface area contributed by atoms with Gasteiger partial charge in [0.1, 0.15) is 0 Å². The normalized spacial score (nSPS) is 15.5. The SMILES string of the molecule is CCOC(=O)CC[C@H](N[S@@](=O)C(C)(C)C)C(C)C. The fraction of sp³-hybridized carbons (Fsp3) is 0.923. The van der Waals surface area contributed by atoms with Crippen LogP contribution < -0.4 is 4.72 Å². The van der Waals surface area contributed by atoms with E-state index in [1.54, 1.807) is 6.92 Å². The summed E-state index contributed by atoms with van der Waals surface area (Å²) in [5.41, 5.74) is 0. The van der Waals surface area contributed by atoms with Gasteiger partial charge in [-0.15, -0.1) is 0 Å². The topological polar surface area (TPSA) is 55.4 Å². The minimum atomic E-state index is -1.11. The van der Waals surface area contributed by atoms with Crippen LogP contribution in [0.1, 0.15) is 54.4 Å². The third kappa shape index (κ3) is 7.11. The zero-order valence-electron chi connectivity index (χ0n) is 12.4. The Labute approximate surface area is 113 Å². The number of nitrogens with one attached hydrogen (secondary N) is 1. The number of carbonyl (C=O) groups excluding carboxylic acids is 1. The van der Waals surface area contributed by atoms with Gasteiger partial charge in [-0.25, -0.2) is 8.93 Å². The molecule has 0 unspecified atom stereocenters. The average Bonchev–Trinajstić information content (AvgIpc) is 2.22. The third-order valence-corrected chi connectivity index (χ3v) is 4.21. The first kappa shape index (κ1) is 17.6. The van der Waals surface area contributed by atoms with Crippen LogP contribution in [-0.4, -0.2) is 27.6 Å². The molecule has 18 heavy (non-hydrogen) atoms. The van der Waals surface area contributed by atoms with Crippen LogP contribution in [0.3, 0.4) is 0 Å². The predicted molar refractivity (Wildman–Crippen MR) is 75.5 cm³/mol. The molecule has 0 aliphatic carbocycles. The molecule has 0 rings (SSSR count). The molecular weight excluding hydrogens is 250 g/mol. The average molecular weight is 277 g/mol. The fourth-order valence-electron chi connectivity index (χ4n) is 1.35. The lowest BCUT2D eigenvalue weighted by molar-refractivity contribution is -0.143. The van der Waals surface area contributed by atoms with Gasteiger partial charge < -0.3 is 4.74 Å². The first-order valence-corrected chi connectivity index (χ1v) is 7.67. The van der Waals surface area contributed by atoms with Gasteiger partial charge in [-0.3, -0.25) is 4.79 Å². The van der Waals surface area contributed by atoms with E-state index in [9.17, 15) is 9.00 Å². The predicted octanol–water partition coefficient (Wildman–Crippen LogP) is 2.41. The van der Waals surface area contributed by atoms with Crippen molar-refractivity contribution in [2.24, 2.45) is 5.92 Å². The number of carbonyl (C=O) groups is 1. The summed E-state index contributed by atoms with van der Waals surface area (Å²) in [6.45, 7) is 12.1. The zero-order valence-corrected chi connectivity index (χ0v) is 13.2. The van der Waals surface area contributed by atoms with Crippen molar-refractivity contribution >= 4 is 17.0 Å². The standard InChI is InChI=1S/C13H27NO3S/c1-7-17-12(15)9-8-11(10(2)3)14-18(16)13(4,5)6/h10-11,14H,7-9H2,1-6H3/t11-,18-/m0/s1. The monoisotopic (exact) mass is 277 g/mol. The Bertz CT molecular complexity index is 284. The van der Waals surface area contributed by atoms with Crippen LogP contribution >= 0.6 is 0 Å². The summed E-state index contributed by atoms with van der Waals surface area (Å²) >= 11 is 0. The molecule has 0 bridgehead atoms. The van der Waals surface area contributed by atoms with Crippen molar-refractivity contribution in [3.05, 3.63) is 0 Å². The van der Waals surface area contributed by atoms with Crippen molar-refractivity contribution in [1.29, 1.82) is 0 Å². The molecule has 0 aromatic heterocycles. The molecule has 2 atom stereocenters. The molecule has 0 aliphatic heterocycles. The van der Waals surface area contributed by atoms with Crippen molar-refractivity contribution in [1.82, 2.24) is 4.72 Å². The van der Waals surface area contributed by atoms with Crippen LogP contribution in [0.15, 0.2) is 0 Å². The van der Waals surface area contributed by atoms with Gasteiger partial charge in [0.15, 0.2) is 0 Å². The van der Waals surface area contributed by atoms with Gasteiger partial charge in [-0.1, -0.05) is 13.8 Å².